The maximum Gasteiger partial charge on any atom is 0.416 e. The van der Waals surface area contributed by atoms with Crippen LogP contribution in [0.15, 0.2) is 60.7 Å². The fraction of sp³-hybridized carbons (Fsp3) is 0.467. The Kier molecular flexibility index (Phi) is 9.41. The summed E-state index contributed by atoms with van der Waals surface area (Å²) >= 11 is 0. The summed E-state index contributed by atoms with van der Waals surface area (Å²) in [5, 5.41) is 2.80. The van der Waals surface area contributed by atoms with E-state index in [-0.39, 0.29) is 31.1 Å². The second-order valence-electron chi connectivity index (χ2n) is 11.4. The molecule has 1 aliphatic carbocycles. The Morgan fingerprint density at radius 1 is 0.952 bits per heavy atom. The van der Waals surface area contributed by atoms with Crippen LogP contribution in [0.1, 0.15) is 68.9 Å². The lowest BCUT2D eigenvalue weighted by Gasteiger charge is -2.55. The highest BCUT2D eigenvalue weighted by Crippen LogP contribution is 2.52. The Morgan fingerprint density at radius 3 is 1.98 bits per heavy atom. The predicted octanol–water partition coefficient (Wildman–Crippen LogP) is 7.53. The number of alkyl halides is 6. The first-order chi connectivity index (χ1) is 19.3. The van der Waals surface area contributed by atoms with Crippen LogP contribution in [-0.2, 0) is 36.8 Å². The van der Waals surface area contributed by atoms with E-state index in [0.29, 0.717) is 12.1 Å². The minimum absolute atomic E-state index is 0.0674. The summed E-state index contributed by atoms with van der Waals surface area (Å²) in [6, 6.07) is 10.3. The van der Waals surface area contributed by atoms with Crippen LogP contribution >= 0.6 is 0 Å². The molecule has 0 spiro atoms. The zero-order valence-electron chi connectivity index (χ0n) is 23.8. The van der Waals surface area contributed by atoms with Crippen molar-refractivity contribution in [3.8, 4) is 0 Å². The Hall–Kier alpha value is -3.54. The number of hydrogen-bond acceptors (Lipinski definition) is 5. The van der Waals surface area contributed by atoms with E-state index in [0.717, 1.165) is 11.6 Å². The summed E-state index contributed by atoms with van der Waals surface area (Å²) in [7, 11) is 1.20. The van der Waals surface area contributed by atoms with Crippen LogP contribution in [0.3, 0.4) is 0 Å². The molecular weight excluding hydrogens is 568 g/mol. The number of nitrogens with one attached hydrogen (secondary N) is 1. The number of benzene rings is 2. The third kappa shape index (κ3) is 8.27. The molecule has 1 fully saturated rings. The fourth-order valence-corrected chi connectivity index (χ4v) is 4.98. The number of carbonyl (C=O) groups is 2. The van der Waals surface area contributed by atoms with Crippen molar-refractivity contribution in [2.75, 3.05) is 13.7 Å². The van der Waals surface area contributed by atoms with Gasteiger partial charge in [0.05, 0.1) is 36.5 Å². The first kappa shape index (κ1) is 33.0. The average Bonchev–Trinajstić information content (AvgIpc) is 2.86. The number of rotatable bonds is 8. The van der Waals surface area contributed by atoms with Crippen LogP contribution in [0.5, 0.6) is 0 Å². The molecule has 0 unspecified atom stereocenters. The summed E-state index contributed by atoms with van der Waals surface area (Å²) in [6.07, 6.45) is -8.86. The minimum Gasteiger partial charge on any atom is -0.466 e. The van der Waals surface area contributed by atoms with Gasteiger partial charge < -0.3 is 19.5 Å². The molecule has 0 aromatic heterocycles. The smallest absolute Gasteiger partial charge is 0.416 e. The van der Waals surface area contributed by atoms with Crippen molar-refractivity contribution in [3.05, 3.63) is 82.9 Å². The van der Waals surface area contributed by atoms with Gasteiger partial charge in [0.15, 0.2) is 0 Å². The van der Waals surface area contributed by atoms with Crippen LogP contribution in [0, 0.1) is 0 Å². The van der Waals surface area contributed by atoms with Gasteiger partial charge in [-0.15, -0.1) is 0 Å². The van der Waals surface area contributed by atoms with Gasteiger partial charge in [-0.3, -0.25) is 0 Å². The zero-order chi connectivity index (χ0) is 31.6. The van der Waals surface area contributed by atoms with Gasteiger partial charge in [-0.2, -0.15) is 26.3 Å². The van der Waals surface area contributed by atoms with Crippen LogP contribution in [0.2, 0.25) is 0 Å². The number of halogens is 6. The van der Waals surface area contributed by atoms with Crippen molar-refractivity contribution in [2.45, 2.75) is 75.5 Å². The third-order valence-corrected chi connectivity index (χ3v) is 6.87. The highest BCUT2D eigenvalue weighted by Gasteiger charge is 2.56. The van der Waals surface area contributed by atoms with E-state index in [2.05, 4.69) is 10.1 Å². The highest BCUT2D eigenvalue weighted by molar-refractivity contribution is 5.82. The van der Waals surface area contributed by atoms with Crippen molar-refractivity contribution >= 4 is 12.1 Å². The first-order valence-corrected chi connectivity index (χ1v) is 13.0. The Balaban J connectivity index is 1.93. The maximum atomic E-state index is 13.4. The summed E-state index contributed by atoms with van der Waals surface area (Å²) in [5.41, 5.74) is -5.10. The van der Waals surface area contributed by atoms with Gasteiger partial charge in [0.25, 0.3) is 0 Å². The lowest BCUT2D eigenvalue weighted by atomic mass is 9.54. The number of amides is 1. The van der Waals surface area contributed by atoms with E-state index in [1.165, 1.54) is 20.1 Å². The third-order valence-electron chi connectivity index (χ3n) is 6.87. The van der Waals surface area contributed by atoms with Crippen LogP contribution in [0.25, 0.3) is 0 Å². The fourth-order valence-electron chi connectivity index (χ4n) is 4.98. The van der Waals surface area contributed by atoms with Gasteiger partial charge in [0.2, 0.25) is 0 Å². The molecule has 230 valence electrons. The molecule has 1 aliphatic rings. The quantitative estimate of drug-likeness (QED) is 0.192. The summed E-state index contributed by atoms with van der Waals surface area (Å²) in [5.74, 6) is -0.660. The van der Waals surface area contributed by atoms with Crippen molar-refractivity contribution < 1.29 is 50.1 Å². The zero-order valence-corrected chi connectivity index (χ0v) is 23.8. The molecule has 0 aliphatic heterocycles. The maximum absolute atomic E-state index is 13.4. The Bertz CT molecular complexity index is 1260. The number of methoxy groups -OCH3 is 1. The predicted molar refractivity (Wildman–Crippen MR) is 141 cm³/mol. The molecule has 1 N–H and O–H groups in total. The summed E-state index contributed by atoms with van der Waals surface area (Å²) < 4.78 is 96.5. The van der Waals surface area contributed by atoms with Gasteiger partial charge in [0, 0.05) is 11.5 Å². The highest BCUT2D eigenvalue weighted by atomic mass is 19.4. The monoisotopic (exact) mass is 601 g/mol. The Labute approximate surface area is 240 Å². The number of carbonyl (C=O) groups excluding carboxylic acids is 2. The molecule has 6 nitrogen and oxygen atoms in total. The largest absolute Gasteiger partial charge is 0.466 e. The molecule has 1 amide bonds. The van der Waals surface area contributed by atoms with E-state index < -0.39 is 58.2 Å². The van der Waals surface area contributed by atoms with Crippen molar-refractivity contribution in [2.24, 2.45) is 0 Å². The van der Waals surface area contributed by atoms with Crippen molar-refractivity contribution in [1.82, 2.24) is 5.32 Å². The van der Waals surface area contributed by atoms with Gasteiger partial charge in [-0.05, 0) is 69.9 Å². The minimum atomic E-state index is -4.99. The molecule has 12 heteroatoms. The van der Waals surface area contributed by atoms with Gasteiger partial charge >= 0.3 is 24.4 Å². The van der Waals surface area contributed by atoms with E-state index in [4.69, 9.17) is 9.47 Å². The molecule has 0 saturated heterocycles. The standard InChI is InChI=1S/C30H33F6NO5/c1-19(20-13-22(29(31,32)33)15-23(14-20)30(34,35)36)41-18-27(21-9-7-6-8-10-21)16-28(17-27,12-11-24(38)40-5)37-25(39)42-26(2,3)4/h6-15,19H,16-18H2,1-5H3,(H,37,39)/b12-11-/t19-,27?,28?/m1/s1. The topological polar surface area (TPSA) is 73.9 Å². The summed E-state index contributed by atoms with van der Waals surface area (Å²) in [6.45, 7) is 6.32. The van der Waals surface area contributed by atoms with Crippen LogP contribution in [0.4, 0.5) is 31.1 Å². The SMILES string of the molecule is COC(=O)/C=C\C1(NC(=O)OC(C)(C)C)CC(CO[C@H](C)c2cc(C(F)(F)F)cc(C(F)(F)F)c2)(c2ccccc2)C1. The molecule has 0 heterocycles. The van der Waals surface area contributed by atoms with E-state index in [9.17, 15) is 35.9 Å². The number of hydrogen-bond donors (Lipinski definition) is 1. The Morgan fingerprint density at radius 2 is 1.50 bits per heavy atom. The number of ether oxygens (including phenoxy) is 3. The lowest BCUT2D eigenvalue weighted by molar-refractivity contribution is -0.143. The van der Waals surface area contributed by atoms with Gasteiger partial charge in [0.1, 0.15) is 5.60 Å². The second kappa shape index (κ2) is 12.0. The van der Waals surface area contributed by atoms with Gasteiger partial charge in [-0.25, -0.2) is 9.59 Å². The molecule has 2 aromatic carbocycles. The summed E-state index contributed by atoms with van der Waals surface area (Å²) in [4.78, 5) is 24.6. The van der Waals surface area contributed by atoms with Crippen LogP contribution < -0.4 is 5.32 Å². The number of esters is 1. The normalized spacial score (nSPS) is 21.9. The molecule has 0 radical (unpaired) electrons. The van der Waals surface area contributed by atoms with Crippen molar-refractivity contribution in [3.63, 3.8) is 0 Å². The molecule has 0 bridgehead atoms. The lowest BCUT2D eigenvalue weighted by Crippen LogP contribution is -2.64. The average molecular weight is 602 g/mol. The molecule has 3 rings (SSSR count). The second-order valence-corrected chi connectivity index (χ2v) is 11.4. The van der Waals surface area contributed by atoms with E-state index in [1.807, 2.05) is 12.1 Å². The molecule has 1 atom stereocenters. The number of alkyl carbamates (subject to hydrolysis) is 1. The molecular formula is C30H33F6NO5. The van der Waals surface area contributed by atoms with Gasteiger partial charge in [-0.1, -0.05) is 36.4 Å². The first-order valence-electron chi connectivity index (χ1n) is 13.0. The molecule has 2 aromatic rings. The molecule has 42 heavy (non-hydrogen) atoms. The molecule has 1 saturated carbocycles. The van der Waals surface area contributed by atoms with E-state index >= 15 is 0 Å². The van der Waals surface area contributed by atoms with Crippen LogP contribution in [-0.4, -0.2) is 36.9 Å². The van der Waals surface area contributed by atoms with E-state index in [1.54, 1.807) is 39.0 Å². The van der Waals surface area contributed by atoms with Crippen molar-refractivity contribution in [1.29, 1.82) is 0 Å².